The first-order chi connectivity index (χ1) is 8.86. The molecule has 0 aliphatic heterocycles. The SMILES string of the molecule is CCCCCCCCC(Cc1ccncc1)NC. The zero-order valence-electron chi connectivity index (χ0n) is 12.0. The van der Waals surface area contributed by atoms with E-state index in [1.807, 2.05) is 12.4 Å². The van der Waals surface area contributed by atoms with Gasteiger partial charge in [-0.25, -0.2) is 0 Å². The molecule has 1 unspecified atom stereocenters. The number of hydrogen-bond acceptors (Lipinski definition) is 2. The van der Waals surface area contributed by atoms with Crippen molar-refractivity contribution in [2.24, 2.45) is 0 Å². The number of rotatable bonds is 10. The Morgan fingerprint density at radius 3 is 2.39 bits per heavy atom. The molecule has 1 heterocycles. The van der Waals surface area contributed by atoms with E-state index in [-0.39, 0.29) is 0 Å². The van der Waals surface area contributed by atoms with Crippen molar-refractivity contribution in [3.63, 3.8) is 0 Å². The first-order valence-corrected chi connectivity index (χ1v) is 7.43. The van der Waals surface area contributed by atoms with E-state index in [1.165, 1.54) is 50.5 Å². The normalized spacial score (nSPS) is 12.6. The van der Waals surface area contributed by atoms with Crippen molar-refractivity contribution in [3.05, 3.63) is 30.1 Å². The number of nitrogens with one attached hydrogen (secondary N) is 1. The van der Waals surface area contributed by atoms with Gasteiger partial charge in [0.25, 0.3) is 0 Å². The van der Waals surface area contributed by atoms with Gasteiger partial charge in [0.05, 0.1) is 0 Å². The molecule has 0 spiro atoms. The van der Waals surface area contributed by atoms with Gasteiger partial charge in [-0.05, 0) is 37.6 Å². The zero-order chi connectivity index (χ0) is 13.1. The predicted molar refractivity (Wildman–Crippen MR) is 78.8 cm³/mol. The Bertz CT molecular complexity index is 284. The van der Waals surface area contributed by atoms with Gasteiger partial charge in [0.1, 0.15) is 0 Å². The fourth-order valence-corrected chi connectivity index (χ4v) is 2.32. The minimum Gasteiger partial charge on any atom is -0.317 e. The maximum Gasteiger partial charge on any atom is 0.0270 e. The van der Waals surface area contributed by atoms with E-state index in [4.69, 9.17) is 0 Å². The number of aromatic nitrogens is 1. The van der Waals surface area contributed by atoms with Crippen LogP contribution in [0.2, 0.25) is 0 Å². The third-order valence-electron chi connectivity index (χ3n) is 3.55. The van der Waals surface area contributed by atoms with Gasteiger partial charge in [0, 0.05) is 18.4 Å². The van der Waals surface area contributed by atoms with Crippen LogP contribution in [-0.4, -0.2) is 18.1 Å². The average Bonchev–Trinajstić information content (AvgIpc) is 2.42. The van der Waals surface area contributed by atoms with Crippen LogP contribution in [-0.2, 0) is 6.42 Å². The van der Waals surface area contributed by atoms with E-state index in [0.717, 1.165) is 6.42 Å². The van der Waals surface area contributed by atoms with E-state index in [2.05, 4.69) is 36.4 Å². The summed E-state index contributed by atoms with van der Waals surface area (Å²) in [6, 6.07) is 4.84. The Labute approximate surface area is 112 Å². The summed E-state index contributed by atoms with van der Waals surface area (Å²) >= 11 is 0. The molecule has 1 atom stereocenters. The Balaban J connectivity index is 2.14. The molecule has 1 N–H and O–H groups in total. The summed E-state index contributed by atoms with van der Waals surface area (Å²) in [5.41, 5.74) is 1.38. The molecule has 1 aromatic rings. The lowest BCUT2D eigenvalue weighted by Gasteiger charge is -2.16. The maximum absolute atomic E-state index is 4.06. The molecular formula is C16H28N2. The van der Waals surface area contributed by atoms with Crippen LogP contribution < -0.4 is 5.32 Å². The quantitative estimate of drug-likeness (QED) is 0.634. The second-order valence-corrected chi connectivity index (χ2v) is 5.10. The van der Waals surface area contributed by atoms with Crippen molar-refractivity contribution in [3.8, 4) is 0 Å². The Morgan fingerprint density at radius 1 is 1.06 bits per heavy atom. The fraction of sp³-hybridized carbons (Fsp3) is 0.688. The van der Waals surface area contributed by atoms with E-state index < -0.39 is 0 Å². The van der Waals surface area contributed by atoms with Gasteiger partial charge < -0.3 is 5.32 Å². The largest absolute Gasteiger partial charge is 0.317 e. The van der Waals surface area contributed by atoms with Crippen molar-refractivity contribution in [2.45, 2.75) is 64.3 Å². The van der Waals surface area contributed by atoms with Gasteiger partial charge in [0.2, 0.25) is 0 Å². The van der Waals surface area contributed by atoms with E-state index >= 15 is 0 Å². The summed E-state index contributed by atoms with van der Waals surface area (Å²) in [6.45, 7) is 2.27. The molecule has 2 nitrogen and oxygen atoms in total. The van der Waals surface area contributed by atoms with Gasteiger partial charge in [-0.2, -0.15) is 0 Å². The van der Waals surface area contributed by atoms with Gasteiger partial charge in [-0.3, -0.25) is 4.98 Å². The highest BCUT2D eigenvalue weighted by Gasteiger charge is 2.06. The van der Waals surface area contributed by atoms with Crippen LogP contribution in [0.25, 0.3) is 0 Å². The number of pyridine rings is 1. The first-order valence-electron chi connectivity index (χ1n) is 7.43. The highest BCUT2D eigenvalue weighted by Crippen LogP contribution is 2.11. The lowest BCUT2D eigenvalue weighted by molar-refractivity contribution is 0.479. The van der Waals surface area contributed by atoms with Crippen molar-refractivity contribution < 1.29 is 0 Å². The van der Waals surface area contributed by atoms with E-state index in [1.54, 1.807) is 0 Å². The minimum absolute atomic E-state index is 0.610. The molecule has 18 heavy (non-hydrogen) atoms. The van der Waals surface area contributed by atoms with Crippen LogP contribution in [0.15, 0.2) is 24.5 Å². The highest BCUT2D eigenvalue weighted by molar-refractivity contribution is 5.11. The van der Waals surface area contributed by atoms with Gasteiger partial charge >= 0.3 is 0 Å². The topological polar surface area (TPSA) is 24.9 Å². The first kappa shape index (κ1) is 15.2. The van der Waals surface area contributed by atoms with Crippen LogP contribution >= 0.6 is 0 Å². The predicted octanol–water partition coefficient (Wildman–Crippen LogP) is 3.96. The second kappa shape index (κ2) is 10.1. The number of likely N-dealkylation sites (N-methyl/N-ethyl adjacent to an activating group) is 1. The van der Waals surface area contributed by atoms with Crippen LogP contribution in [0, 0.1) is 0 Å². The summed E-state index contributed by atoms with van der Waals surface area (Å²) in [7, 11) is 2.07. The lowest BCUT2D eigenvalue weighted by atomic mass is 10.0. The Morgan fingerprint density at radius 2 is 1.72 bits per heavy atom. The summed E-state index contributed by atoms with van der Waals surface area (Å²) in [5.74, 6) is 0. The van der Waals surface area contributed by atoms with E-state index in [0.29, 0.717) is 6.04 Å². The summed E-state index contributed by atoms with van der Waals surface area (Å²) in [6.07, 6.45) is 14.4. The second-order valence-electron chi connectivity index (χ2n) is 5.10. The molecule has 2 heteroatoms. The third kappa shape index (κ3) is 6.75. The molecule has 0 amide bonds. The molecule has 0 bridgehead atoms. The third-order valence-corrected chi connectivity index (χ3v) is 3.55. The molecule has 0 aromatic carbocycles. The van der Waals surface area contributed by atoms with Gasteiger partial charge in [0.15, 0.2) is 0 Å². The van der Waals surface area contributed by atoms with Crippen molar-refractivity contribution in [1.82, 2.24) is 10.3 Å². The summed E-state index contributed by atoms with van der Waals surface area (Å²) in [5, 5.41) is 3.43. The number of unbranched alkanes of at least 4 members (excludes halogenated alkanes) is 5. The van der Waals surface area contributed by atoms with Crippen LogP contribution in [0.4, 0.5) is 0 Å². The Kier molecular flexibility index (Phi) is 8.49. The maximum atomic E-state index is 4.06. The molecule has 0 saturated heterocycles. The van der Waals surface area contributed by atoms with E-state index in [9.17, 15) is 0 Å². The molecule has 1 aromatic heterocycles. The number of hydrogen-bond donors (Lipinski definition) is 1. The zero-order valence-corrected chi connectivity index (χ0v) is 12.0. The molecule has 102 valence electrons. The highest BCUT2D eigenvalue weighted by atomic mass is 14.9. The number of nitrogens with zero attached hydrogens (tertiary/aromatic N) is 1. The van der Waals surface area contributed by atoms with Crippen molar-refractivity contribution in [1.29, 1.82) is 0 Å². The van der Waals surface area contributed by atoms with Crippen molar-refractivity contribution >= 4 is 0 Å². The van der Waals surface area contributed by atoms with Gasteiger partial charge in [-0.15, -0.1) is 0 Å². The molecular weight excluding hydrogens is 220 g/mol. The minimum atomic E-state index is 0.610. The smallest absolute Gasteiger partial charge is 0.0270 e. The average molecular weight is 248 g/mol. The van der Waals surface area contributed by atoms with Crippen molar-refractivity contribution in [2.75, 3.05) is 7.05 Å². The summed E-state index contributed by atoms with van der Waals surface area (Å²) < 4.78 is 0. The van der Waals surface area contributed by atoms with Crippen LogP contribution in [0.1, 0.15) is 57.4 Å². The molecule has 0 radical (unpaired) electrons. The Hall–Kier alpha value is -0.890. The van der Waals surface area contributed by atoms with Crippen LogP contribution in [0.3, 0.4) is 0 Å². The monoisotopic (exact) mass is 248 g/mol. The fourth-order valence-electron chi connectivity index (χ4n) is 2.32. The standard InChI is InChI=1S/C16H28N2/c1-3-4-5-6-7-8-9-16(17-2)14-15-10-12-18-13-11-15/h10-13,16-17H,3-9,14H2,1-2H3. The summed E-state index contributed by atoms with van der Waals surface area (Å²) in [4.78, 5) is 4.06. The molecule has 0 fully saturated rings. The van der Waals surface area contributed by atoms with Gasteiger partial charge in [-0.1, -0.05) is 45.4 Å². The molecule has 1 rings (SSSR count). The molecule has 0 saturated carbocycles. The van der Waals surface area contributed by atoms with Crippen LogP contribution in [0.5, 0.6) is 0 Å². The molecule has 0 aliphatic rings. The molecule has 0 aliphatic carbocycles. The lowest BCUT2D eigenvalue weighted by Crippen LogP contribution is -2.27.